The largest absolute Gasteiger partial charge is 0.376 e. The van der Waals surface area contributed by atoms with Gasteiger partial charge in [-0.1, -0.05) is 35.9 Å². The van der Waals surface area contributed by atoms with Crippen LogP contribution < -0.4 is 10.9 Å². The molecule has 0 saturated carbocycles. The second-order valence-electron chi connectivity index (χ2n) is 9.30. The standard InChI is InChI=1S/C26H31N3O3S2/c1-16-10-11-20(17(2)13-16)29-25(31)23-19-8-4-3-5-9-21(19)34-24(23)28-26(29)33-15-22(30)27-14-18-7-6-12-32-18/h10-11,13,18H,3-9,12,14-15H2,1-2H3,(H,27,30). The minimum Gasteiger partial charge on any atom is -0.376 e. The number of thiophene rings is 1. The van der Waals surface area contributed by atoms with Gasteiger partial charge in [-0.15, -0.1) is 11.3 Å². The number of aryl methyl sites for hydroxylation is 4. The van der Waals surface area contributed by atoms with Crippen molar-refractivity contribution in [3.63, 3.8) is 0 Å². The molecular weight excluding hydrogens is 466 g/mol. The van der Waals surface area contributed by atoms with Crippen molar-refractivity contribution in [3.05, 3.63) is 50.1 Å². The number of nitrogens with one attached hydrogen (secondary N) is 1. The molecule has 0 bridgehead atoms. The molecule has 1 amide bonds. The summed E-state index contributed by atoms with van der Waals surface area (Å²) in [5, 5.41) is 4.32. The van der Waals surface area contributed by atoms with Crippen LogP contribution >= 0.6 is 23.1 Å². The highest BCUT2D eigenvalue weighted by molar-refractivity contribution is 7.99. The Labute approximate surface area is 208 Å². The number of aromatic nitrogens is 2. The summed E-state index contributed by atoms with van der Waals surface area (Å²) < 4.78 is 7.33. The third-order valence-electron chi connectivity index (χ3n) is 6.68. The number of benzene rings is 1. The predicted molar refractivity (Wildman–Crippen MR) is 139 cm³/mol. The van der Waals surface area contributed by atoms with Crippen molar-refractivity contribution in [3.8, 4) is 5.69 Å². The zero-order valence-corrected chi connectivity index (χ0v) is 21.4. The normalized spacial score (nSPS) is 18.1. The number of ether oxygens (including phenoxy) is 1. The number of carbonyl (C=O) groups excluding carboxylic acids is 1. The van der Waals surface area contributed by atoms with Crippen LogP contribution in [-0.2, 0) is 22.4 Å². The van der Waals surface area contributed by atoms with Crippen LogP contribution in [0.25, 0.3) is 15.9 Å². The van der Waals surface area contributed by atoms with E-state index in [2.05, 4.69) is 11.4 Å². The molecule has 8 heteroatoms. The maximum Gasteiger partial charge on any atom is 0.267 e. The summed E-state index contributed by atoms with van der Waals surface area (Å²) in [6.07, 6.45) is 7.59. The van der Waals surface area contributed by atoms with Crippen LogP contribution in [0.15, 0.2) is 28.2 Å². The number of hydrogen-bond donors (Lipinski definition) is 1. The molecule has 2 aromatic heterocycles. The van der Waals surface area contributed by atoms with E-state index in [0.717, 1.165) is 72.2 Å². The monoisotopic (exact) mass is 497 g/mol. The fourth-order valence-electron chi connectivity index (χ4n) is 4.94. The molecule has 1 aliphatic heterocycles. The van der Waals surface area contributed by atoms with E-state index in [-0.39, 0.29) is 23.3 Å². The van der Waals surface area contributed by atoms with E-state index in [9.17, 15) is 9.59 Å². The Kier molecular flexibility index (Phi) is 7.09. The average molecular weight is 498 g/mol. The molecule has 180 valence electrons. The van der Waals surface area contributed by atoms with Gasteiger partial charge in [0.15, 0.2) is 5.16 Å². The molecule has 1 unspecified atom stereocenters. The Morgan fingerprint density at radius 1 is 1.24 bits per heavy atom. The van der Waals surface area contributed by atoms with Crippen molar-refractivity contribution in [2.24, 2.45) is 0 Å². The second-order valence-corrected chi connectivity index (χ2v) is 11.3. The Hall–Kier alpha value is -2.16. The lowest BCUT2D eigenvalue weighted by Crippen LogP contribution is -2.33. The molecule has 0 spiro atoms. The van der Waals surface area contributed by atoms with Crippen molar-refractivity contribution in [2.75, 3.05) is 18.9 Å². The molecule has 1 fully saturated rings. The number of amides is 1. The molecule has 34 heavy (non-hydrogen) atoms. The van der Waals surface area contributed by atoms with E-state index in [4.69, 9.17) is 9.72 Å². The van der Waals surface area contributed by atoms with Gasteiger partial charge in [0.05, 0.1) is 22.9 Å². The van der Waals surface area contributed by atoms with Gasteiger partial charge in [-0.2, -0.15) is 0 Å². The van der Waals surface area contributed by atoms with E-state index in [1.165, 1.54) is 28.6 Å². The molecule has 3 heterocycles. The third-order valence-corrected chi connectivity index (χ3v) is 8.81. The highest BCUT2D eigenvalue weighted by Crippen LogP contribution is 2.35. The molecule has 1 saturated heterocycles. The van der Waals surface area contributed by atoms with Crippen LogP contribution in [0.2, 0.25) is 0 Å². The predicted octanol–water partition coefficient (Wildman–Crippen LogP) is 4.72. The van der Waals surface area contributed by atoms with Crippen LogP contribution in [-0.4, -0.2) is 40.5 Å². The Bertz CT molecular complexity index is 1270. The van der Waals surface area contributed by atoms with Crippen LogP contribution in [0.3, 0.4) is 0 Å². The first-order valence-electron chi connectivity index (χ1n) is 12.2. The molecule has 1 atom stereocenters. The number of fused-ring (bicyclic) bond motifs is 3. The quantitative estimate of drug-likeness (QED) is 0.303. The average Bonchev–Trinajstić information content (AvgIpc) is 3.39. The number of thioether (sulfide) groups is 1. The third kappa shape index (κ3) is 4.81. The first-order chi connectivity index (χ1) is 16.5. The summed E-state index contributed by atoms with van der Waals surface area (Å²) >= 11 is 2.99. The van der Waals surface area contributed by atoms with Crippen LogP contribution in [0, 0.1) is 13.8 Å². The van der Waals surface area contributed by atoms with Crippen LogP contribution in [0.4, 0.5) is 0 Å². The zero-order valence-electron chi connectivity index (χ0n) is 19.8. The maximum atomic E-state index is 14.0. The fourth-order valence-corrected chi connectivity index (χ4v) is 7.08. The summed E-state index contributed by atoms with van der Waals surface area (Å²) in [7, 11) is 0. The first-order valence-corrected chi connectivity index (χ1v) is 14.0. The number of rotatable bonds is 6. The van der Waals surface area contributed by atoms with Gasteiger partial charge in [0, 0.05) is 18.0 Å². The van der Waals surface area contributed by atoms with Gasteiger partial charge in [-0.05, 0) is 69.6 Å². The highest BCUT2D eigenvalue weighted by atomic mass is 32.2. The van der Waals surface area contributed by atoms with Crippen molar-refractivity contribution >= 4 is 39.2 Å². The SMILES string of the molecule is Cc1ccc(-n2c(SCC(=O)NCC3CCCO3)nc3sc4c(c3c2=O)CCCCC4)c(C)c1. The van der Waals surface area contributed by atoms with Crippen LogP contribution in [0.5, 0.6) is 0 Å². The second kappa shape index (κ2) is 10.2. The van der Waals surface area contributed by atoms with Gasteiger partial charge >= 0.3 is 0 Å². The minimum atomic E-state index is -0.0658. The van der Waals surface area contributed by atoms with Crippen molar-refractivity contribution in [2.45, 2.75) is 70.1 Å². The Morgan fingerprint density at radius 3 is 2.88 bits per heavy atom. The number of carbonyl (C=O) groups is 1. The molecular formula is C26H31N3O3S2. The van der Waals surface area contributed by atoms with Gasteiger partial charge < -0.3 is 10.1 Å². The lowest BCUT2D eigenvalue weighted by atomic mass is 10.1. The smallest absolute Gasteiger partial charge is 0.267 e. The van der Waals surface area contributed by atoms with Crippen molar-refractivity contribution < 1.29 is 9.53 Å². The molecule has 3 aromatic rings. The van der Waals surface area contributed by atoms with Gasteiger partial charge in [-0.25, -0.2) is 4.98 Å². The Morgan fingerprint density at radius 2 is 2.09 bits per heavy atom. The minimum absolute atomic E-state index is 0.0152. The molecule has 0 radical (unpaired) electrons. The topological polar surface area (TPSA) is 73.2 Å². The summed E-state index contributed by atoms with van der Waals surface area (Å²) in [6, 6.07) is 6.10. The summed E-state index contributed by atoms with van der Waals surface area (Å²) in [5.74, 6) is 0.143. The van der Waals surface area contributed by atoms with E-state index < -0.39 is 0 Å². The van der Waals surface area contributed by atoms with Crippen molar-refractivity contribution in [1.29, 1.82) is 0 Å². The lowest BCUT2D eigenvalue weighted by molar-refractivity contribution is -0.119. The van der Waals surface area contributed by atoms with Crippen molar-refractivity contribution in [1.82, 2.24) is 14.9 Å². The van der Waals surface area contributed by atoms with Gasteiger partial charge in [0.1, 0.15) is 4.83 Å². The van der Waals surface area contributed by atoms with E-state index in [0.29, 0.717) is 11.7 Å². The summed E-state index contributed by atoms with van der Waals surface area (Å²) in [6.45, 7) is 5.38. The molecule has 6 nitrogen and oxygen atoms in total. The van der Waals surface area contributed by atoms with Gasteiger partial charge in [0.2, 0.25) is 5.91 Å². The summed E-state index contributed by atoms with van der Waals surface area (Å²) in [5.41, 5.74) is 4.18. The van der Waals surface area contributed by atoms with E-state index in [1.807, 2.05) is 26.0 Å². The molecule has 5 rings (SSSR count). The van der Waals surface area contributed by atoms with Crippen LogP contribution in [0.1, 0.15) is 53.7 Å². The van der Waals surface area contributed by atoms with E-state index in [1.54, 1.807) is 15.9 Å². The lowest BCUT2D eigenvalue weighted by Gasteiger charge is -2.15. The molecule has 1 N–H and O–H groups in total. The highest BCUT2D eigenvalue weighted by Gasteiger charge is 2.23. The van der Waals surface area contributed by atoms with Gasteiger partial charge in [-0.3, -0.25) is 14.2 Å². The Balaban J connectivity index is 1.51. The van der Waals surface area contributed by atoms with E-state index >= 15 is 0 Å². The molecule has 1 aliphatic carbocycles. The first kappa shape index (κ1) is 23.6. The molecule has 1 aromatic carbocycles. The molecule has 2 aliphatic rings. The summed E-state index contributed by atoms with van der Waals surface area (Å²) in [4.78, 5) is 33.6. The maximum absolute atomic E-state index is 14.0. The number of hydrogen-bond acceptors (Lipinski definition) is 6. The van der Waals surface area contributed by atoms with Gasteiger partial charge in [0.25, 0.3) is 5.56 Å². The number of nitrogens with zero attached hydrogens (tertiary/aromatic N) is 2. The zero-order chi connectivity index (χ0) is 23.7. The fraction of sp³-hybridized carbons (Fsp3) is 0.500.